The molecule has 0 saturated heterocycles. The molecule has 3 rings (SSSR count). The van der Waals surface area contributed by atoms with Crippen LogP contribution in [0, 0.1) is 6.92 Å². The second kappa shape index (κ2) is 6.36. The first kappa shape index (κ1) is 14.8. The summed E-state index contributed by atoms with van der Waals surface area (Å²) in [6.45, 7) is 1.83. The number of nitrogens with one attached hydrogen (secondary N) is 1. The number of anilines is 1. The van der Waals surface area contributed by atoms with Gasteiger partial charge in [-0.15, -0.1) is 0 Å². The molecule has 1 heterocycles. The maximum atomic E-state index is 12.1. The third kappa shape index (κ3) is 3.58. The van der Waals surface area contributed by atoms with E-state index >= 15 is 0 Å². The summed E-state index contributed by atoms with van der Waals surface area (Å²) in [4.78, 5) is 12.1. The van der Waals surface area contributed by atoms with E-state index in [1.54, 1.807) is 22.9 Å². The van der Waals surface area contributed by atoms with Gasteiger partial charge in [-0.3, -0.25) is 4.79 Å². The molecule has 0 saturated carbocycles. The zero-order valence-corrected chi connectivity index (χ0v) is 12.7. The summed E-state index contributed by atoms with van der Waals surface area (Å²) in [7, 11) is 0. The standard InChI is InChI=1S/C18H17N3O2/c1-13-11-16(22)7-8-17(13)19-18(23)12-14-9-10-21(20-14)15-5-3-2-4-6-15/h2-11,22H,12H2,1H3,(H,19,23). The van der Waals surface area contributed by atoms with E-state index in [4.69, 9.17) is 0 Å². The number of aryl methyl sites for hydroxylation is 1. The van der Waals surface area contributed by atoms with Gasteiger partial charge in [0.2, 0.25) is 5.91 Å². The van der Waals surface area contributed by atoms with E-state index in [1.165, 1.54) is 0 Å². The average Bonchev–Trinajstić information content (AvgIpc) is 2.99. The van der Waals surface area contributed by atoms with Crippen LogP contribution in [0.5, 0.6) is 5.75 Å². The molecule has 116 valence electrons. The molecule has 3 aromatic rings. The van der Waals surface area contributed by atoms with Crippen molar-refractivity contribution in [3.63, 3.8) is 0 Å². The van der Waals surface area contributed by atoms with E-state index in [9.17, 15) is 9.90 Å². The number of carbonyl (C=O) groups excluding carboxylic acids is 1. The molecule has 5 heteroatoms. The second-order valence-electron chi connectivity index (χ2n) is 5.31. The van der Waals surface area contributed by atoms with Crippen LogP contribution < -0.4 is 5.32 Å². The van der Waals surface area contributed by atoms with Crippen LogP contribution in [-0.2, 0) is 11.2 Å². The highest BCUT2D eigenvalue weighted by atomic mass is 16.3. The number of aromatic nitrogens is 2. The number of hydrogen-bond donors (Lipinski definition) is 2. The fraction of sp³-hybridized carbons (Fsp3) is 0.111. The Hall–Kier alpha value is -3.08. The third-order valence-electron chi connectivity index (χ3n) is 3.49. The van der Waals surface area contributed by atoms with Gasteiger partial charge in [0.15, 0.2) is 0 Å². The van der Waals surface area contributed by atoms with Crippen molar-refractivity contribution < 1.29 is 9.90 Å². The summed E-state index contributed by atoms with van der Waals surface area (Å²) in [6.07, 6.45) is 2.03. The lowest BCUT2D eigenvalue weighted by molar-refractivity contribution is -0.115. The number of amides is 1. The van der Waals surface area contributed by atoms with Gasteiger partial charge in [0.1, 0.15) is 5.75 Å². The molecule has 1 amide bonds. The van der Waals surface area contributed by atoms with E-state index in [2.05, 4.69) is 10.4 Å². The van der Waals surface area contributed by atoms with Gasteiger partial charge in [-0.2, -0.15) is 5.10 Å². The van der Waals surface area contributed by atoms with Crippen molar-refractivity contribution in [2.24, 2.45) is 0 Å². The highest BCUT2D eigenvalue weighted by molar-refractivity contribution is 5.92. The van der Waals surface area contributed by atoms with Crippen LogP contribution in [0.1, 0.15) is 11.3 Å². The molecular formula is C18H17N3O2. The third-order valence-corrected chi connectivity index (χ3v) is 3.49. The molecule has 0 bridgehead atoms. The van der Waals surface area contributed by atoms with Gasteiger partial charge in [-0.05, 0) is 48.9 Å². The maximum absolute atomic E-state index is 12.1. The highest BCUT2D eigenvalue weighted by Crippen LogP contribution is 2.20. The van der Waals surface area contributed by atoms with Gasteiger partial charge in [0, 0.05) is 11.9 Å². The van der Waals surface area contributed by atoms with Crippen molar-refractivity contribution in [3.05, 3.63) is 72.1 Å². The zero-order valence-electron chi connectivity index (χ0n) is 12.7. The first-order chi connectivity index (χ1) is 11.1. The maximum Gasteiger partial charge on any atom is 0.230 e. The minimum absolute atomic E-state index is 0.142. The molecule has 0 spiro atoms. The number of nitrogens with zero attached hydrogens (tertiary/aromatic N) is 2. The van der Waals surface area contributed by atoms with E-state index in [0.29, 0.717) is 11.4 Å². The number of hydrogen-bond acceptors (Lipinski definition) is 3. The Labute approximate surface area is 134 Å². The Morgan fingerprint density at radius 1 is 1.17 bits per heavy atom. The average molecular weight is 307 g/mol. The number of para-hydroxylation sites is 1. The van der Waals surface area contributed by atoms with Crippen molar-refractivity contribution >= 4 is 11.6 Å². The fourth-order valence-electron chi connectivity index (χ4n) is 2.33. The van der Waals surface area contributed by atoms with Crippen molar-refractivity contribution in [2.75, 3.05) is 5.32 Å². The van der Waals surface area contributed by atoms with Gasteiger partial charge in [0.25, 0.3) is 0 Å². The minimum atomic E-state index is -0.142. The molecule has 2 N–H and O–H groups in total. The fourth-order valence-corrected chi connectivity index (χ4v) is 2.33. The molecule has 0 radical (unpaired) electrons. The van der Waals surface area contributed by atoms with Gasteiger partial charge in [0.05, 0.1) is 17.8 Å². The first-order valence-corrected chi connectivity index (χ1v) is 7.31. The monoisotopic (exact) mass is 307 g/mol. The van der Waals surface area contributed by atoms with Gasteiger partial charge in [-0.1, -0.05) is 18.2 Å². The van der Waals surface area contributed by atoms with Crippen LogP contribution >= 0.6 is 0 Å². The summed E-state index contributed by atoms with van der Waals surface area (Å²) >= 11 is 0. The molecule has 0 aliphatic rings. The highest BCUT2D eigenvalue weighted by Gasteiger charge is 2.09. The lowest BCUT2D eigenvalue weighted by Crippen LogP contribution is -2.15. The summed E-state index contributed by atoms with van der Waals surface area (Å²) in [5, 5.41) is 16.6. The van der Waals surface area contributed by atoms with Gasteiger partial charge >= 0.3 is 0 Å². The lowest BCUT2D eigenvalue weighted by atomic mass is 10.2. The number of rotatable bonds is 4. The van der Waals surface area contributed by atoms with Crippen molar-refractivity contribution in [1.29, 1.82) is 0 Å². The van der Waals surface area contributed by atoms with Gasteiger partial charge < -0.3 is 10.4 Å². The largest absolute Gasteiger partial charge is 0.508 e. The van der Waals surface area contributed by atoms with E-state index in [1.807, 2.05) is 49.5 Å². The summed E-state index contributed by atoms with van der Waals surface area (Å²) in [6, 6.07) is 16.4. The van der Waals surface area contributed by atoms with Crippen LogP contribution in [0.2, 0.25) is 0 Å². The molecule has 1 aromatic heterocycles. The number of carbonyl (C=O) groups is 1. The van der Waals surface area contributed by atoms with Crippen molar-refractivity contribution in [2.45, 2.75) is 13.3 Å². The molecule has 0 fully saturated rings. The molecule has 0 aliphatic carbocycles. The number of phenolic OH excluding ortho intramolecular Hbond substituents is 1. The Morgan fingerprint density at radius 2 is 1.96 bits per heavy atom. The molecule has 0 atom stereocenters. The molecule has 0 aliphatic heterocycles. The topological polar surface area (TPSA) is 67.2 Å². The second-order valence-corrected chi connectivity index (χ2v) is 5.31. The van der Waals surface area contributed by atoms with Crippen LogP contribution in [0.25, 0.3) is 5.69 Å². The predicted molar refractivity (Wildman–Crippen MR) is 88.7 cm³/mol. The predicted octanol–water partition coefficient (Wildman–Crippen LogP) is 3.07. The lowest BCUT2D eigenvalue weighted by Gasteiger charge is -2.08. The number of phenols is 1. The Bertz CT molecular complexity index is 825. The first-order valence-electron chi connectivity index (χ1n) is 7.31. The Morgan fingerprint density at radius 3 is 2.70 bits per heavy atom. The number of benzene rings is 2. The van der Waals surface area contributed by atoms with E-state index in [0.717, 1.165) is 11.3 Å². The molecule has 2 aromatic carbocycles. The van der Waals surface area contributed by atoms with Crippen LogP contribution in [-0.4, -0.2) is 20.8 Å². The van der Waals surface area contributed by atoms with E-state index in [-0.39, 0.29) is 18.1 Å². The normalized spacial score (nSPS) is 10.5. The smallest absolute Gasteiger partial charge is 0.230 e. The summed E-state index contributed by atoms with van der Waals surface area (Å²) in [5.41, 5.74) is 3.15. The van der Waals surface area contributed by atoms with Crippen LogP contribution in [0.4, 0.5) is 5.69 Å². The van der Waals surface area contributed by atoms with Crippen LogP contribution in [0.15, 0.2) is 60.8 Å². The van der Waals surface area contributed by atoms with Crippen molar-refractivity contribution in [1.82, 2.24) is 9.78 Å². The molecule has 23 heavy (non-hydrogen) atoms. The Kier molecular flexibility index (Phi) is 4.10. The number of aromatic hydroxyl groups is 1. The summed E-state index contributed by atoms with van der Waals surface area (Å²) < 4.78 is 1.74. The minimum Gasteiger partial charge on any atom is -0.508 e. The Balaban J connectivity index is 1.68. The van der Waals surface area contributed by atoms with Gasteiger partial charge in [-0.25, -0.2) is 4.68 Å². The molecule has 0 unspecified atom stereocenters. The quantitative estimate of drug-likeness (QED) is 0.728. The van der Waals surface area contributed by atoms with Crippen molar-refractivity contribution in [3.8, 4) is 11.4 Å². The zero-order chi connectivity index (χ0) is 16.2. The summed E-state index contributed by atoms with van der Waals surface area (Å²) in [5.74, 6) is 0.0409. The van der Waals surface area contributed by atoms with Crippen LogP contribution in [0.3, 0.4) is 0 Å². The SMILES string of the molecule is Cc1cc(O)ccc1NC(=O)Cc1ccn(-c2ccccc2)n1. The molecule has 5 nitrogen and oxygen atoms in total. The molecular weight excluding hydrogens is 290 g/mol. The van der Waals surface area contributed by atoms with E-state index < -0.39 is 0 Å².